The molecule has 0 atom stereocenters. The fraction of sp³-hybridized carbons (Fsp3) is 0.263. The second-order valence-electron chi connectivity index (χ2n) is 6.48. The molecular formula is C19H23N3O4S2. The predicted molar refractivity (Wildman–Crippen MR) is 111 cm³/mol. The smallest absolute Gasteiger partial charge is 0.256 e. The number of nitrogens with zero attached hydrogens (tertiary/aromatic N) is 1. The number of carbonyl (C=O) groups excluding carboxylic acids is 2. The Morgan fingerprint density at radius 1 is 1.14 bits per heavy atom. The molecule has 0 spiro atoms. The molecule has 9 heteroatoms. The third kappa shape index (κ3) is 5.34. The van der Waals surface area contributed by atoms with Crippen LogP contribution in [-0.4, -0.2) is 45.0 Å². The zero-order valence-electron chi connectivity index (χ0n) is 16.1. The number of carbonyl (C=O) groups is 2. The summed E-state index contributed by atoms with van der Waals surface area (Å²) in [6.45, 7) is 3.53. The summed E-state index contributed by atoms with van der Waals surface area (Å²) in [5, 5.41) is 7.99. The van der Waals surface area contributed by atoms with E-state index in [1.807, 2.05) is 0 Å². The molecule has 0 saturated heterocycles. The topological polar surface area (TPSA) is 110 Å². The van der Waals surface area contributed by atoms with Crippen LogP contribution in [0.3, 0.4) is 0 Å². The Morgan fingerprint density at radius 2 is 1.79 bits per heavy atom. The molecule has 0 fully saturated rings. The number of benzene rings is 2. The van der Waals surface area contributed by atoms with Crippen LogP contribution >= 0.6 is 11.8 Å². The first-order chi connectivity index (χ1) is 13.0. The van der Waals surface area contributed by atoms with Crippen molar-refractivity contribution in [2.45, 2.75) is 23.6 Å². The van der Waals surface area contributed by atoms with Crippen LogP contribution < -0.4 is 10.5 Å². The molecule has 150 valence electrons. The molecular weight excluding hydrogens is 398 g/mol. The molecule has 0 aliphatic rings. The van der Waals surface area contributed by atoms with Gasteiger partial charge >= 0.3 is 0 Å². The van der Waals surface area contributed by atoms with Crippen molar-refractivity contribution in [2.75, 3.05) is 25.2 Å². The van der Waals surface area contributed by atoms with Gasteiger partial charge in [-0.2, -0.15) is 0 Å². The number of nitrogens with two attached hydrogens (primary N) is 1. The van der Waals surface area contributed by atoms with Crippen LogP contribution in [0.1, 0.15) is 21.5 Å². The van der Waals surface area contributed by atoms with Crippen molar-refractivity contribution in [2.24, 2.45) is 5.14 Å². The third-order valence-corrected chi connectivity index (χ3v) is 6.15. The lowest BCUT2D eigenvalue weighted by Crippen LogP contribution is -2.23. The maximum Gasteiger partial charge on any atom is 0.256 e. The van der Waals surface area contributed by atoms with Gasteiger partial charge in [-0.15, -0.1) is 11.8 Å². The Morgan fingerprint density at radius 3 is 2.39 bits per heavy atom. The normalized spacial score (nSPS) is 11.2. The average molecular weight is 422 g/mol. The zero-order chi connectivity index (χ0) is 21.1. The summed E-state index contributed by atoms with van der Waals surface area (Å²) in [6.07, 6.45) is 0. The van der Waals surface area contributed by atoms with Crippen molar-refractivity contribution < 1.29 is 18.0 Å². The van der Waals surface area contributed by atoms with Gasteiger partial charge in [-0.25, -0.2) is 13.6 Å². The molecule has 0 aromatic heterocycles. The van der Waals surface area contributed by atoms with E-state index >= 15 is 0 Å². The van der Waals surface area contributed by atoms with Crippen molar-refractivity contribution in [3.8, 4) is 0 Å². The number of primary sulfonamides is 1. The Labute approximate surface area is 169 Å². The van der Waals surface area contributed by atoms with Crippen LogP contribution in [0.5, 0.6) is 0 Å². The minimum atomic E-state index is -3.90. The van der Waals surface area contributed by atoms with Gasteiger partial charge < -0.3 is 10.2 Å². The number of amides is 2. The largest absolute Gasteiger partial charge is 0.348 e. The lowest BCUT2D eigenvalue weighted by Gasteiger charge is -2.15. The Balaban J connectivity index is 2.31. The average Bonchev–Trinajstić information content (AvgIpc) is 2.62. The summed E-state index contributed by atoms with van der Waals surface area (Å²) in [6, 6.07) is 9.75. The number of thioether (sulfide) groups is 1. The van der Waals surface area contributed by atoms with Crippen LogP contribution in [0, 0.1) is 13.8 Å². The summed E-state index contributed by atoms with van der Waals surface area (Å²) >= 11 is 1.27. The molecule has 2 aromatic carbocycles. The molecule has 28 heavy (non-hydrogen) atoms. The molecule has 2 rings (SSSR count). The van der Waals surface area contributed by atoms with E-state index < -0.39 is 15.9 Å². The van der Waals surface area contributed by atoms with Crippen LogP contribution in [0.25, 0.3) is 0 Å². The second kappa shape index (κ2) is 8.76. The molecule has 0 heterocycles. The first-order valence-corrected chi connectivity index (χ1v) is 10.9. The fourth-order valence-electron chi connectivity index (χ4n) is 2.36. The van der Waals surface area contributed by atoms with E-state index in [9.17, 15) is 18.0 Å². The standard InChI is InChI=1S/C19H23N3O4S2/c1-12-9-14(28(20,25)26)10-16(13(12)2)21-19(24)15-7-5-6-8-17(15)27-11-18(23)22(3)4/h5-10H,11H2,1-4H3,(H,21,24)(H2,20,25,26). The Bertz CT molecular complexity index is 1020. The van der Waals surface area contributed by atoms with Gasteiger partial charge in [-0.05, 0) is 49.2 Å². The van der Waals surface area contributed by atoms with Gasteiger partial charge in [0, 0.05) is 24.7 Å². The van der Waals surface area contributed by atoms with Gasteiger partial charge in [0.2, 0.25) is 15.9 Å². The van der Waals surface area contributed by atoms with Crippen LogP contribution in [-0.2, 0) is 14.8 Å². The van der Waals surface area contributed by atoms with Gasteiger partial charge in [0.1, 0.15) is 0 Å². The summed E-state index contributed by atoms with van der Waals surface area (Å²) in [4.78, 5) is 26.8. The number of rotatable bonds is 6. The monoisotopic (exact) mass is 421 g/mol. The molecule has 0 unspecified atom stereocenters. The first-order valence-electron chi connectivity index (χ1n) is 8.38. The summed E-state index contributed by atoms with van der Waals surface area (Å²) < 4.78 is 23.4. The van der Waals surface area contributed by atoms with E-state index in [1.165, 1.54) is 28.8 Å². The summed E-state index contributed by atoms with van der Waals surface area (Å²) in [7, 11) is -0.554. The zero-order valence-corrected chi connectivity index (χ0v) is 17.8. The lowest BCUT2D eigenvalue weighted by atomic mass is 10.1. The maximum absolute atomic E-state index is 12.8. The minimum absolute atomic E-state index is 0.0625. The second-order valence-corrected chi connectivity index (χ2v) is 9.06. The van der Waals surface area contributed by atoms with Gasteiger partial charge in [0.15, 0.2) is 0 Å². The van der Waals surface area contributed by atoms with Crippen LogP contribution in [0.15, 0.2) is 46.2 Å². The number of aryl methyl sites for hydroxylation is 1. The van der Waals surface area contributed by atoms with E-state index in [0.29, 0.717) is 21.7 Å². The van der Waals surface area contributed by atoms with Crippen molar-refractivity contribution in [1.29, 1.82) is 0 Å². The highest BCUT2D eigenvalue weighted by Gasteiger charge is 2.17. The molecule has 0 radical (unpaired) electrons. The predicted octanol–water partition coefficient (Wildman–Crippen LogP) is 2.38. The molecule has 0 aliphatic heterocycles. The molecule has 3 N–H and O–H groups in total. The van der Waals surface area contributed by atoms with Gasteiger partial charge in [0.05, 0.1) is 16.2 Å². The Kier molecular flexibility index (Phi) is 6.87. The van der Waals surface area contributed by atoms with Crippen LogP contribution in [0.2, 0.25) is 0 Å². The van der Waals surface area contributed by atoms with Crippen molar-refractivity contribution in [3.63, 3.8) is 0 Å². The van der Waals surface area contributed by atoms with Crippen molar-refractivity contribution in [1.82, 2.24) is 4.90 Å². The molecule has 0 aliphatic carbocycles. The molecule has 2 amide bonds. The molecule has 2 aromatic rings. The number of nitrogens with one attached hydrogen (secondary N) is 1. The Hall–Kier alpha value is -2.36. The van der Waals surface area contributed by atoms with Gasteiger partial charge in [-0.1, -0.05) is 12.1 Å². The summed E-state index contributed by atoms with van der Waals surface area (Å²) in [5.74, 6) is -0.252. The SMILES string of the molecule is Cc1cc(S(N)(=O)=O)cc(NC(=O)c2ccccc2SCC(=O)N(C)C)c1C. The van der Waals surface area contributed by atoms with E-state index in [4.69, 9.17) is 5.14 Å². The van der Waals surface area contributed by atoms with Crippen molar-refractivity contribution >= 4 is 39.3 Å². The van der Waals surface area contributed by atoms with E-state index in [0.717, 1.165) is 5.56 Å². The van der Waals surface area contributed by atoms with E-state index in [1.54, 1.807) is 52.2 Å². The highest BCUT2D eigenvalue weighted by Crippen LogP contribution is 2.27. The van der Waals surface area contributed by atoms with Crippen LogP contribution in [0.4, 0.5) is 5.69 Å². The first kappa shape index (κ1) is 21.9. The number of sulfonamides is 1. The highest BCUT2D eigenvalue weighted by molar-refractivity contribution is 8.00. The van der Waals surface area contributed by atoms with E-state index in [2.05, 4.69) is 5.32 Å². The van der Waals surface area contributed by atoms with Crippen molar-refractivity contribution in [3.05, 3.63) is 53.1 Å². The number of hydrogen-bond acceptors (Lipinski definition) is 5. The fourth-order valence-corrected chi connectivity index (χ4v) is 4.01. The maximum atomic E-state index is 12.8. The lowest BCUT2D eigenvalue weighted by molar-refractivity contribution is -0.125. The molecule has 7 nitrogen and oxygen atoms in total. The van der Waals surface area contributed by atoms with Gasteiger partial charge in [-0.3, -0.25) is 9.59 Å². The number of hydrogen-bond donors (Lipinski definition) is 2. The molecule has 0 saturated carbocycles. The quantitative estimate of drug-likeness (QED) is 0.696. The highest BCUT2D eigenvalue weighted by atomic mass is 32.2. The molecule has 0 bridgehead atoms. The third-order valence-electron chi connectivity index (χ3n) is 4.20. The minimum Gasteiger partial charge on any atom is -0.348 e. The summed E-state index contributed by atoms with van der Waals surface area (Å²) in [5.41, 5.74) is 2.21. The van der Waals surface area contributed by atoms with E-state index in [-0.39, 0.29) is 16.6 Å². The number of anilines is 1. The van der Waals surface area contributed by atoms with Gasteiger partial charge in [0.25, 0.3) is 5.91 Å².